The van der Waals surface area contributed by atoms with Crippen LogP contribution in [0.4, 0.5) is 0 Å². The van der Waals surface area contributed by atoms with Gasteiger partial charge in [0, 0.05) is 19.0 Å². The van der Waals surface area contributed by atoms with Crippen LogP contribution in [0.25, 0.3) is 6.08 Å². The predicted octanol–water partition coefficient (Wildman–Crippen LogP) is 3.38. The molecule has 1 atom stereocenters. The molecular weight excluding hydrogens is 328 g/mol. The highest BCUT2D eigenvalue weighted by atomic mass is 16.3. The molecule has 1 aliphatic rings. The van der Waals surface area contributed by atoms with Gasteiger partial charge in [0.2, 0.25) is 11.8 Å². The Hall–Kier alpha value is -2.82. The molecule has 0 aliphatic heterocycles. The Bertz CT molecular complexity index is 759. The number of rotatable bonds is 8. The van der Waals surface area contributed by atoms with E-state index in [-0.39, 0.29) is 24.3 Å². The molecule has 1 aromatic carbocycles. The largest absolute Gasteiger partial charge is 0.465 e. The maximum absolute atomic E-state index is 12.3. The second-order valence-corrected chi connectivity index (χ2v) is 6.68. The van der Waals surface area contributed by atoms with Gasteiger partial charge in [-0.2, -0.15) is 0 Å². The van der Waals surface area contributed by atoms with Gasteiger partial charge in [0.05, 0.1) is 12.3 Å². The van der Waals surface area contributed by atoms with Crippen LogP contribution in [0.15, 0.2) is 53.2 Å². The molecule has 26 heavy (non-hydrogen) atoms. The molecule has 1 saturated carbocycles. The molecule has 0 bridgehead atoms. The van der Waals surface area contributed by atoms with E-state index in [0.717, 1.165) is 18.4 Å². The molecular formula is C21H24N2O3. The van der Waals surface area contributed by atoms with Crippen LogP contribution in [-0.2, 0) is 9.59 Å². The molecule has 1 heterocycles. The maximum Gasteiger partial charge on any atom is 0.244 e. The average Bonchev–Trinajstić information content (AvgIpc) is 3.34. The molecule has 136 valence electrons. The predicted molar refractivity (Wildman–Crippen MR) is 100 cm³/mol. The fraction of sp³-hybridized carbons (Fsp3) is 0.333. The lowest BCUT2D eigenvalue weighted by Crippen LogP contribution is -2.33. The fourth-order valence-electron chi connectivity index (χ4n) is 2.82. The lowest BCUT2D eigenvalue weighted by molar-refractivity contribution is -0.122. The molecule has 5 nitrogen and oxygen atoms in total. The molecule has 3 rings (SSSR count). The van der Waals surface area contributed by atoms with Gasteiger partial charge in [-0.1, -0.05) is 29.8 Å². The summed E-state index contributed by atoms with van der Waals surface area (Å²) < 4.78 is 5.12. The van der Waals surface area contributed by atoms with Crippen LogP contribution in [0.5, 0.6) is 0 Å². The van der Waals surface area contributed by atoms with Gasteiger partial charge in [-0.15, -0.1) is 0 Å². The van der Waals surface area contributed by atoms with Gasteiger partial charge in [-0.3, -0.25) is 9.59 Å². The third-order valence-electron chi connectivity index (χ3n) is 4.44. The van der Waals surface area contributed by atoms with Crippen molar-refractivity contribution in [2.24, 2.45) is 5.92 Å². The first-order valence-corrected chi connectivity index (χ1v) is 8.97. The number of hydrogen-bond donors (Lipinski definition) is 2. The Morgan fingerprint density at radius 2 is 2.00 bits per heavy atom. The first-order chi connectivity index (χ1) is 12.6. The minimum absolute atomic E-state index is 0.0437. The maximum atomic E-state index is 12.3. The zero-order chi connectivity index (χ0) is 18.4. The van der Waals surface area contributed by atoms with Crippen LogP contribution in [-0.4, -0.2) is 18.4 Å². The quantitative estimate of drug-likeness (QED) is 0.716. The van der Waals surface area contributed by atoms with E-state index in [4.69, 9.17) is 4.42 Å². The molecule has 2 N–H and O–H groups in total. The Balaban J connectivity index is 1.44. The van der Waals surface area contributed by atoms with E-state index in [0.29, 0.717) is 18.2 Å². The van der Waals surface area contributed by atoms with Crippen LogP contribution < -0.4 is 10.6 Å². The summed E-state index contributed by atoms with van der Waals surface area (Å²) in [4.78, 5) is 24.0. The summed E-state index contributed by atoms with van der Waals surface area (Å²) in [7, 11) is 0. The van der Waals surface area contributed by atoms with E-state index in [1.54, 1.807) is 24.5 Å². The number of hydrogen-bond acceptors (Lipinski definition) is 3. The van der Waals surface area contributed by atoms with E-state index in [1.807, 2.05) is 0 Å². The molecule has 0 spiro atoms. The third kappa shape index (κ3) is 5.34. The summed E-state index contributed by atoms with van der Waals surface area (Å²) in [6.45, 7) is 2.36. The zero-order valence-electron chi connectivity index (χ0n) is 14.9. The molecule has 0 radical (unpaired) electrons. The number of benzene rings is 1. The van der Waals surface area contributed by atoms with Crippen LogP contribution in [0.2, 0.25) is 0 Å². The van der Waals surface area contributed by atoms with Crippen molar-refractivity contribution in [3.8, 4) is 0 Å². The van der Waals surface area contributed by atoms with Crippen molar-refractivity contribution < 1.29 is 14.0 Å². The molecule has 0 saturated heterocycles. The smallest absolute Gasteiger partial charge is 0.244 e. The Morgan fingerprint density at radius 1 is 1.23 bits per heavy atom. The van der Waals surface area contributed by atoms with Crippen molar-refractivity contribution in [1.82, 2.24) is 10.6 Å². The highest BCUT2D eigenvalue weighted by molar-refractivity contribution is 5.91. The number of furan rings is 1. The number of carbonyl (C=O) groups is 2. The number of amides is 2. The van der Waals surface area contributed by atoms with Crippen molar-refractivity contribution in [2.75, 3.05) is 6.54 Å². The van der Waals surface area contributed by atoms with Crippen molar-refractivity contribution in [3.05, 3.63) is 65.6 Å². The summed E-state index contributed by atoms with van der Waals surface area (Å²) in [6.07, 6.45) is 7.09. The molecule has 5 heteroatoms. The van der Waals surface area contributed by atoms with Crippen molar-refractivity contribution in [1.29, 1.82) is 0 Å². The lowest BCUT2D eigenvalue weighted by atomic mass is 10.0. The van der Waals surface area contributed by atoms with E-state index in [1.165, 1.54) is 11.6 Å². The summed E-state index contributed by atoms with van der Waals surface area (Å²) in [5.74, 6) is 0.847. The molecule has 2 amide bonds. The van der Waals surface area contributed by atoms with Crippen molar-refractivity contribution >= 4 is 17.9 Å². The summed E-state index contributed by atoms with van der Waals surface area (Å²) in [5.41, 5.74) is 2.36. The van der Waals surface area contributed by atoms with Gasteiger partial charge in [0.25, 0.3) is 0 Å². The lowest BCUT2D eigenvalue weighted by Gasteiger charge is -2.19. The Kier molecular flexibility index (Phi) is 5.89. The number of aryl methyl sites for hydroxylation is 1. The number of nitrogens with one attached hydrogen (secondary N) is 2. The van der Waals surface area contributed by atoms with E-state index in [2.05, 4.69) is 41.8 Å². The normalized spacial score (nSPS) is 15.0. The topological polar surface area (TPSA) is 71.3 Å². The summed E-state index contributed by atoms with van der Waals surface area (Å²) in [5, 5.41) is 5.83. The van der Waals surface area contributed by atoms with Gasteiger partial charge < -0.3 is 15.1 Å². The Morgan fingerprint density at radius 3 is 2.65 bits per heavy atom. The van der Waals surface area contributed by atoms with Gasteiger partial charge >= 0.3 is 0 Å². The van der Waals surface area contributed by atoms with Gasteiger partial charge in [0.15, 0.2) is 0 Å². The SMILES string of the molecule is Cc1ccc(C(NC(=O)CCNC(=O)/C=C/c2ccco2)C2CC2)cc1. The highest BCUT2D eigenvalue weighted by Crippen LogP contribution is 2.41. The van der Waals surface area contributed by atoms with E-state index in [9.17, 15) is 9.59 Å². The molecule has 1 unspecified atom stereocenters. The molecule has 2 aromatic rings. The monoisotopic (exact) mass is 352 g/mol. The second-order valence-electron chi connectivity index (χ2n) is 6.68. The minimum Gasteiger partial charge on any atom is -0.465 e. The second kappa shape index (κ2) is 8.52. The average molecular weight is 352 g/mol. The number of carbonyl (C=O) groups excluding carboxylic acids is 2. The zero-order valence-corrected chi connectivity index (χ0v) is 14.9. The van der Waals surface area contributed by atoms with Crippen LogP contribution >= 0.6 is 0 Å². The van der Waals surface area contributed by atoms with Crippen molar-refractivity contribution in [3.63, 3.8) is 0 Å². The van der Waals surface area contributed by atoms with Gasteiger partial charge in [-0.25, -0.2) is 0 Å². The van der Waals surface area contributed by atoms with Gasteiger partial charge in [-0.05, 0) is 49.5 Å². The van der Waals surface area contributed by atoms with Crippen LogP contribution in [0, 0.1) is 12.8 Å². The first kappa shape index (κ1) is 18.0. The molecule has 1 fully saturated rings. The molecule has 1 aromatic heterocycles. The summed E-state index contributed by atoms with van der Waals surface area (Å²) in [6, 6.07) is 11.9. The Labute approximate surface area is 153 Å². The fourth-order valence-corrected chi connectivity index (χ4v) is 2.82. The third-order valence-corrected chi connectivity index (χ3v) is 4.44. The van der Waals surface area contributed by atoms with Gasteiger partial charge in [0.1, 0.15) is 5.76 Å². The highest BCUT2D eigenvalue weighted by Gasteiger charge is 2.33. The molecule has 1 aliphatic carbocycles. The summed E-state index contributed by atoms with van der Waals surface area (Å²) >= 11 is 0. The van der Waals surface area contributed by atoms with Crippen molar-refractivity contribution in [2.45, 2.75) is 32.2 Å². The standard InChI is InChI=1S/C21H24N2O3/c1-15-4-6-16(7-5-15)21(17-8-9-17)23-20(25)12-13-22-19(24)11-10-18-3-2-14-26-18/h2-7,10-11,14,17,21H,8-9,12-13H2,1H3,(H,22,24)(H,23,25)/b11-10+. The first-order valence-electron chi connectivity index (χ1n) is 8.97. The van der Waals surface area contributed by atoms with Crippen LogP contribution in [0.1, 0.15) is 42.2 Å². The van der Waals surface area contributed by atoms with E-state index < -0.39 is 0 Å². The minimum atomic E-state index is -0.244. The van der Waals surface area contributed by atoms with Crippen LogP contribution in [0.3, 0.4) is 0 Å². The van der Waals surface area contributed by atoms with E-state index >= 15 is 0 Å².